The molecule has 1 aromatic heterocycles. The van der Waals surface area contributed by atoms with Gasteiger partial charge in [-0.3, -0.25) is 4.79 Å². The molecule has 0 atom stereocenters. The van der Waals surface area contributed by atoms with Crippen LogP contribution in [0.25, 0.3) is 11.5 Å². The summed E-state index contributed by atoms with van der Waals surface area (Å²) in [7, 11) is 0. The van der Waals surface area contributed by atoms with Crippen molar-refractivity contribution in [3.05, 3.63) is 65.7 Å². The van der Waals surface area contributed by atoms with Crippen LogP contribution in [0.4, 0.5) is 0 Å². The second-order valence-corrected chi connectivity index (χ2v) is 7.95. The Morgan fingerprint density at radius 1 is 1.07 bits per heavy atom. The maximum absolute atomic E-state index is 11.9. The summed E-state index contributed by atoms with van der Waals surface area (Å²) in [6.45, 7) is 2.67. The van der Waals surface area contributed by atoms with Gasteiger partial charge < -0.3 is 9.73 Å². The molecule has 0 saturated heterocycles. The van der Waals surface area contributed by atoms with E-state index in [1.165, 1.54) is 22.9 Å². The van der Waals surface area contributed by atoms with E-state index in [0.717, 1.165) is 17.1 Å². The topological polar surface area (TPSA) is 68.0 Å². The molecule has 0 unspecified atom stereocenters. The normalized spacial score (nSPS) is 10.7. The standard InChI is InChI=1S/C20H21N3O2S2/c1-15-7-9-17(10-8-15)19-22-23-20(25-19)27-14-18(24)21-11-12-26-13-16-5-3-2-4-6-16/h2-10H,11-14H2,1H3,(H,21,24). The van der Waals surface area contributed by atoms with Gasteiger partial charge >= 0.3 is 0 Å². The zero-order valence-corrected chi connectivity index (χ0v) is 16.7. The Morgan fingerprint density at radius 2 is 1.85 bits per heavy atom. The molecule has 3 aromatic rings. The lowest BCUT2D eigenvalue weighted by Gasteiger charge is -2.04. The Kier molecular flexibility index (Phi) is 7.36. The van der Waals surface area contributed by atoms with Crippen molar-refractivity contribution in [2.24, 2.45) is 0 Å². The molecule has 1 amide bonds. The number of nitrogens with zero attached hydrogens (tertiary/aromatic N) is 2. The van der Waals surface area contributed by atoms with Crippen LogP contribution in [-0.2, 0) is 10.5 Å². The number of nitrogens with one attached hydrogen (secondary N) is 1. The molecule has 0 bridgehead atoms. The molecule has 0 aliphatic carbocycles. The van der Waals surface area contributed by atoms with E-state index in [4.69, 9.17) is 4.42 Å². The minimum absolute atomic E-state index is 0.0320. The molecule has 7 heteroatoms. The second kappa shape index (κ2) is 10.2. The van der Waals surface area contributed by atoms with Crippen molar-refractivity contribution >= 4 is 29.4 Å². The van der Waals surface area contributed by atoms with Gasteiger partial charge in [0.25, 0.3) is 5.22 Å². The number of aryl methyl sites for hydroxylation is 1. The van der Waals surface area contributed by atoms with Gasteiger partial charge in [0.2, 0.25) is 11.8 Å². The lowest BCUT2D eigenvalue weighted by atomic mass is 10.1. The minimum Gasteiger partial charge on any atom is -0.411 e. The average molecular weight is 400 g/mol. The maximum atomic E-state index is 11.9. The van der Waals surface area contributed by atoms with Crippen LogP contribution in [0.2, 0.25) is 0 Å². The third kappa shape index (κ3) is 6.45. The van der Waals surface area contributed by atoms with Crippen molar-refractivity contribution in [2.75, 3.05) is 18.1 Å². The molecule has 1 heterocycles. The van der Waals surface area contributed by atoms with Gasteiger partial charge in [0.1, 0.15) is 0 Å². The van der Waals surface area contributed by atoms with Gasteiger partial charge in [0.05, 0.1) is 5.75 Å². The summed E-state index contributed by atoms with van der Waals surface area (Å²) in [4.78, 5) is 11.9. The Hall–Kier alpha value is -2.25. The Morgan fingerprint density at radius 3 is 2.63 bits per heavy atom. The molecule has 27 heavy (non-hydrogen) atoms. The van der Waals surface area contributed by atoms with Crippen LogP contribution in [0.5, 0.6) is 0 Å². The van der Waals surface area contributed by atoms with E-state index in [1.807, 2.05) is 49.4 Å². The van der Waals surface area contributed by atoms with E-state index in [1.54, 1.807) is 11.8 Å². The number of carbonyl (C=O) groups is 1. The first-order chi connectivity index (χ1) is 13.2. The summed E-state index contributed by atoms with van der Waals surface area (Å²) < 4.78 is 5.61. The Labute approximate surface area is 167 Å². The summed E-state index contributed by atoms with van der Waals surface area (Å²) in [5, 5.41) is 11.3. The number of carbonyl (C=O) groups excluding carboxylic acids is 1. The highest BCUT2D eigenvalue weighted by Crippen LogP contribution is 2.23. The van der Waals surface area contributed by atoms with Crippen LogP contribution >= 0.6 is 23.5 Å². The molecular formula is C20H21N3O2S2. The Balaban J connectivity index is 1.34. The molecule has 140 valence electrons. The molecule has 0 fully saturated rings. The van der Waals surface area contributed by atoms with Crippen molar-refractivity contribution in [3.8, 4) is 11.5 Å². The smallest absolute Gasteiger partial charge is 0.277 e. The van der Waals surface area contributed by atoms with E-state index >= 15 is 0 Å². The van der Waals surface area contributed by atoms with Gasteiger partial charge in [0, 0.05) is 23.6 Å². The quantitative estimate of drug-likeness (QED) is 0.430. The predicted molar refractivity (Wildman–Crippen MR) is 111 cm³/mol. The van der Waals surface area contributed by atoms with Gasteiger partial charge in [-0.2, -0.15) is 11.8 Å². The molecule has 5 nitrogen and oxygen atoms in total. The molecule has 0 radical (unpaired) electrons. The van der Waals surface area contributed by atoms with E-state index in [0.29, 0.717) is 17.7 Å². The number of hydrogen-bond acceptors (Lipinski definition) is 6. The molecule has 0 spiro atoms. The molecule has 2 aromatic carbocycles. The first kappa shape index (κ1) is 19.5. The van der Waals surface area contributed by atoms with Crippen LogP contribution in [0.1, 0.15) is 11.1 Å². The third-order valence-corrected chi connectivity index (χ3v) is 5.56. The summed E-state index contributed by atoms with van der Waals surface area (Å²) in [6, 6.07) is 18.2. The first-order valence-corrected chi connectivity index (χ1v) is 10.8. The average Bonchev–Trinajstić information content (AvgIpc) is 3.16. The van der Waals surface area contributed by atoms with Crippen LogP contribution in [0, 0.1) is 6.92 Å². The van der Waals surface area contributed by atoms with Gasteiger partial charge in [-0.25, -0.2) is 0 Å². The number of hydrogen-bond donors (Lipinski definition) is 1. The van der Waals surface area contributed by atoms with Crippen LogP contribution in [-0.4, -0.2) is 34.2 Å². The summed E-state index contributed by atoms with van der Waals surface area (Å²) in [5.41, 5.74) is 3.34. The zero-order valence-electron chi connectivity index (χ0n) is 15.1. The molecule has 0 saturated carbocycles. The maximum Gasteiger partial charge on any atom is 0.277 e. The minimum atomic E-state index is -0.0320. The SMILES string of the molecule is Cc1ccc(-c2nnc(SCC(=O)NCCSCc3ccccc3)o2)cc1. The lowest BCUT2D eigenvalue weighted by Crippen LogP contribution is -2.27. The predicted octanol–water partition coefficient (Wildman–Crippen LogP) is 4.19. The van der Waals surface area contributed by atoms with Crippen molar-refractivity contribution < 1.29 is 9.21 Å². The molecule has 1 N–H and O–H groups in total. The fourth-order valence-corrected chi connectivity index (χ4v) is 3.70. The fourth-order valence-electron chi connectivity index (χ4n) is 2.29. The number of benzene rings is 2. The van der Waals surface area contributed by atoms with Gasteiger partial charge in [-0.1, -0.05) is 59.8 Å². The molecule has 3 rings (SSSR count). The number of rotatable bonds is 9. The number of aromatic nitrogens is 2. The highest BCUT2D eigenvalue weighted by atomic mass is 32.2. The highest BCUT2D eigenvalue weighted by molar-refractivity contribution is 7.99. The second-order valence-electron chi connectivity index (χ2n) is 5.92. The van der Waals surface area contributed by atoms with E-state index in [9.17, 15) is 4.79 Å². The summed E-state index contributed by atoms with van der Waals surface area (Å²) in [5.74, 6) is 2.53. The van der Waals surface area contributed by atoms with Crippen molar-refractivity contribution in [2.45, 2.75) is 17.9 Å². The van der Waals surface area contributed by atoms with Crippen molar-refractivity contribution in [1.82, 2.24) is 15.5 Å². The Bertz CT molecular complexity index is 851. The molecule has 0 aliphatic rings. The largest absolute Gasteiger partial charge is 0.411 e. The van der Waals surface area contributed by atoms with Crippen molar-refractivity contribution in [1.29, 1.82) is 0 Å². The monoisotopic (exact) mass is 399 g/mol. The lowest BCUT2D eigenvalue weighted by molar-refractivity contribution is -0.118. The van der Waals surface area contributed by atoms with E-state index in [2.05, 4.69) is 27.6 Å². The fraction of sp³-hybridized carbons (Fsp3) is 0.250. The summed E-state index contributed by atoms with van der Waals surface area (Å²) >= 11 is 3.05. The molecule has 0 aliphatic heterocycles. The zero-order chi connectivity index (χ0) is 18.9. The highest BCUT2D eigenvalue weighted by Gasteiger charge is 2.11. The van der Waals surface area contributed by atoms with Crippen LogP contribution in [0.15, 0.2) is 64.2 Å². The number of thioether (sulfide) groups is 2. The number of amides is 1. The van der Waals surface area contributed by atoms with Crippen molar-refractivity contribution in [3.63, 3.8) is 0 Å². The van der Waals surface area contributed by atoms with Gasteiger partial charge in [-0.15, -0.1) is 10.2 Å². The van der Waals surface area contributed by atoms with E-state index in [-0.39, 0.29) is 11.7 Å². The van der Waals surface area contributed by atoms with Gasteiger partial charge in [-0.05, 0) is 24.6 Å². The third-order valence-electron chi connectivity index (χ3n) is 3.71. The molecular weight excluding hydrogens is 378 g/mol. The van der Waals surface area contributed by atoms with Crippen LogP contribution in [0.3, 0.4) is 0 Å². The van der Waals surface area contributed by atoms with E-state index < -0.39 is 0 Å². The van der Waals surface area contributed by atoms with Crippen LogP contribution < -0.4 is 5.32 Å². The summed E-state index contributed by atoms with van der Waals surface area (Å²) in [6.07, 6.45) is 0. The first-order valence-electron chi connectivity index (χ1n) is 8.62. The van der Waals surface area contributed by atoms with Gasteiger partial charge in [0.15, 0.2) is 0 Å².